The maximum atomic E-state index is 12.0. The average molecular weight is 370 g/mol. The molecule has 2 amide bonds. The van der Waals surface area contributed by atoms with Gasteiger partial charge in [-0.2, -0.15) is 4.98 Å². The summed E-state index contributed by atoms with van der Waals surface area (Å²) in [6.45, 7) is 2.45. The first kappa shape index (κ1) is 17.8. The first-order chi connectivity index (χ1) is 12.7. The molecule has 0 aliphatic rings. The maximum absolute atomic E-state index is 12.0. The van der Waals surface area contributed by atoms with Gasteiger partial charge in [-0.25, -0.2) is 0 Å². The largest absolute Gasteiger partial charge is 0.351 e. The van der Waals surface area contributed by atoms with Gasteiger partial charge in [-0.15, -0.1) is 11.3 Å². The van der Waals surface area contributed by atoms with Crippen LogP contribution >= 0.6 is 11.3 Å². The van der Waals surface area contributed by atoms with Crippen molar-refractivity contribution in [3.05, 3.63) is 58.8 Å². The van der Waals surface area contributed by atoms with Crippen LogP contribution in [0.15, 0.2) is 47.0 Å². The van der Waals surface area contributed by atoms with Gasteiger partial charge in [-0.05, 0) is 24.3 Å². The Morgan fingerprint density at radius 1 is 1.08 bits per heavy atom. The Balaban J connectivity index is 1.57. The molecule has 1 aromatic carbocycles. The number of carbonyl (C=O) groups is 2. The monoisotopic (exact) mass is 370 g/mol. The van der Waals surface area contributed by atoms with Crippen LogP contribution in [0, 0.1) is 0 Å². The Bertz CT molecular complexity index is 889. The van der Waals surface area contributed by atoms with Gasteiger partial charge in [0.05, 0.1) is 18.0 Å². The van der Waals surface area contributed by atoms with E-state index >= 15 is 0 Å². The van der Waals surface area contributed by atoms with Crippen molar-refractivity contribution < 1.29 is 14.1 Å². The van der Waals surface area contributed by atoms with E-state index in [9.17, 15) is 9.59 Å². The van der Waals surface area contributed by atoms with Crippen molar-refractivity contribution in [2.45, 2.75) is 26.4 Å². The van der Waals surface area contributed by atoms with Crippen LogP contribution in [0.5, 0.6) is 0 Å². The number of rotatable bonds is 7. The first-order valence-corrected chi connectivity index (χ1v) is 8.99. The van der Waals surface area contributed by atoms with Crippen LogP contribution in [0.2, 0.25) is 0 Å². The predicted octanol–water partition coefficient (Wildman–Crippen LogP) is 2.75. The number of nitrogens with zero attached hydrogens (tertiary/aromatic N) is 2. The molecule has 3 rings (SSSR count). The van der Waals surface area contributed by atoms with Crippen LogP contribution in [0.4, 0.5) is 0 Å². The van der Waals surface area contributed by atoms with Gasteiger partial charge < -0.3 is 15.2 Å². The second kappa shape index (κ2) is 8.39. The van der Waals surface area contributed by atoms with Crippen molar-refractivity contribution in [1.82, 2.24) is 20.8 Å². The number of hydrogen-bond donors (Lipinski definition) is 2. The summed E-state index contributed by atoms with van der Waals surface area (Å²) in [5, 5.41) is 9.52. The molecule has 134 valence electrons. The van der Waals surface area contributed by atoms with Gasteiger partial charge in [0.2, 0.25) is 17.6 Å². The van der Waals surface area contributed by atoms with Crippen molar-refractivity contribution in [2.24, 2.45) is 0 Å². The Labute approximate surface area is 154 Å². The number of amides is 2. The van der Waals surface area contributed by atoms with Crippen molar-refractivity contribution in [3.8, 4) is 10.7 Å². The Hall–Kier alpha value is -3.00. The van der Waals surface area contributed by atoms with E-state index in [0.717, 1.165) is 9.75 Å². The van der Waals surface area contributed by atoms with Gasteiger partial charge in [0.1, 0.15) is 0 Å². The molecule has 0 spiro atoms. The van der Waals surface area contributed by atoms with E-state index in [1.807, 2.05) is 25.1 Å². The third-order valence-corrected chi connectivity index (χ3v) is 4.65. The van der Waals surface area contributed by atoms with E-state index in [1.54, 1.807) is 24.3 Å². The molecule has 0 bridgehead atoms. The molecule has 0 aliphatic heterocycles. The van der Waals surface area contributed by atoms with Gasteiger partial charge in [0.25, 0.3) is 5.91 Å². The molecule has 26 heavy (non-hydrogen) atoms. The summed E-state index contributed by atoms with van der Waals surface area (Å²) in [6.07, 6.45) is 0.459. The highest BCUT2D eigenvalue weighted by molar-refractivity contribution is 7.15. The second-order valence-corrected chi connectivity index (χ2v) is 6.62. The highest BCUT2D eigenvalue weighted by atomic mass is 32.1. The summed E-state index contributed by atoms with van der Waals surface area (Å²) in [5.74, 6) is 0.608. The number of carbonyl (C=O) groups excluding carboxylic acids is 2. The summed E-state index contributed by atoms with van der Waals surface area (Å²) in [7, 11) is 0. The summed E-state index contributed by atoms with van der Waals surface area (Å²) >= 11 is 1.49. The number of aromatic nitrogens is 2. The smallest absolute Gasteiger partial charge is 0.251 e. The van der Waals surface area contributed by atoms with E-state index in [0.29, 0.717) is 30.2 Å². The van der Waals surface area contributed by atoms with Gasteiger partial charge in [-0.3, -0.25) is 9.59 Å². The van der Waals surface area contributed by atoms with Crippen molar-refractivity contribution in [2.75, 3.05) is 0 Å². The maximum Gasteiger partial charge on any atom is 0.251 e. The number of nitrogens with one attached hydrogen (secondary N) is 2. The van der Waals surface area contributed by atoms with E-state index < -0.39 is 0 Å². The Morgan fingerprint density at radius 3 is 2.65 bits per heavy atom. The zero-order valence-electron chi connectivity index (χ0n) is 14.2. The van der Waals surface area contributed by atoms with Gasteiger partial charge in [0, 0.05) is 16.9 Å². The number of hydrogen-bond acceptors (Lipinski definition) is 6. The van der Waals surface area contributed by atoms with Crippen molar-refractivity contribution >= 4 is 23.2 Å². The van der Waals surface area contributed by atoms with Crippen LogP contribution in [-0.2, 0) is 17.9 Å². The van der Waals surface area contributed by atoms with E-state index in [-0.39, 0.29) is 18.4 Å². The topological polar surface area (TPSA) is 97.1 Å². The Morgan fingerprint density at radius 2 is 1.88 bits per heavy atom. The van der Waals surface area contributed by atoms with Crippen LogP contribution in [0.3, 0.4) is 0 Å². The fraction of sp³-hybridized carbons (Fsp3) is 0.222. The molecule has 0 radical (unpaired) electrons. The van der Waals surface area contributed by atoms with Crippen LogP contribution in [0.1, 0.15) is 34.5 Å². The lowest BCUT2D eigenvalue weighted by atomic mass is 10.2. The molecule has 8 heteroatoms. The number of thiophene rings is 1. The van der Waals surface area contributed by atoms with E-state index in [1.165, 1.54) is 11.3 Å². The SMILES string of the molecule is CCC(=O)NCc1ccc(-c2noc(CNC(=O)c3ccccc3)n2)s1. The fourth-order valence-corrected chi connectivity index (χ4v) is 3.05. The molecule has 0 unspecified atom stereocenters. The molecular formula is C18H18N4O3S. The quantitative estimate of drug-likeness (QED) is 0.666. The van der Waals surface area contributed by atoms with Gasteiger partial charge in [-0.1, -0.05) is 30.3 Å². The van der Waals surface area contributed by atoms with E-state index in [2.05, 4.69) is 20.8 Å². The first-order valence-electron chi connectivity index (χ1n) is 8.17. The molecule has 0 saturated heterocycles. The standard InChI is InChI=1S/C18H18N4O3S/c1-2-15(23)19-10-13-8-9-14(26-13)17-21-16(25-22-17)11-20-18(24)12-6-4-3-5-7-12/h3-9H,2,10-11H2,1H3,(H,19,23)(H,20,24). The van der Waals surface area contributed by atoms with Crippen molar-refractivity contribution in [1.29, 1.82) is 0 Å². The minimum absolute atomic E-state index is 0.0101. The molecular weight excluding hydrogens is 352 g/mol. The highest BCUT2D eigenvalue weighted by Crippen LogP contribution is 2.25. The lowest BCUT2D eigenvalue weighted by Gasteiger charge is -2.01. The normalized spacial score (nSPS) is 10.5. The minimum atomic E-state index is -0.199. The number of benzene rings is 1. The van der Waals surface area contributed by atoms with Gasteiger partial charge in [0.15, 0.2) is 0 Å². The highest BCUT2D eigenvalue weighted by Gasteiger charge is 2.13. The summed E-state index contributed by atoms with van der Waals surface area (Å²) in [4.78, 5) is 29.5. The predicted molar refractivity (Wildman–Crippen MR) is 97.4 cm³/mol. The zero-order valence-corrected chi connectivity index (χ0v) is 15.0. The summed E-state index contributed by atoms with van der Waals surface area (Å²) < 4.78 is 5.19. The third kappa shape index (κ3) is 4.54. The molecule has 0 saturated carbocycles. The van der Waals surface area contributed by atoms with Crippen LogP contribution < -0.4 is 10.6 Å². The van der Waals surface area contributed by atoms with Gasteiger partial charge >= 0.3 is 0 Å². The average Bonchev–Trinajstić information content (AvgIpc) is 3.34. The molecule has 2 N–H and O–H groups in total. The lowest BCUT2D eigenvalue weighted by molar-refractivity contribution is -0.120. The molecule has 7 nitrogen and oxygen atoms in total. The fourth-order valence-electron chi connectivity index (χ4n) is 2.18. The molecule has 3 aromatic rings. The Kier molecular flexibility index (Phi) is 5.75. The summed E-state index contributed by atoms with van der Waals surface area (Å²) in [6, 6.07) is 12.7. The van der Waals surface area contributed by atoms with E-state index in [4.69, 9.17) is 4.52 Å². The van der Waals surface area contributed by atoms with Crippen LogP contribution in [-0.4, -0.2) is 22.0 Å². The lowest BCUT2D eigenvalue weighted by Crippen LogP contribution is -2.22. The third-order valence-electron chi connectivity index (χ3n) is 3.57. The molecule has 0 aliphatic carbocycles. The van der Waals surface area contributed by atoms with Crippen LogP contribution in [0.25, 0.3) is 10.7 Å². The minimum Gasteiger partial charge on any atom is -0.351 e. The summed E-state index contributed by atoms with van der Waals surface area (Å²) in [5.41, 5.74) is 0.573. The van der Waals surface area contributed by atoms with Crippen molar-refractivity contribution in [3.63, 3.8) is 0 Å². The molecule has 0 fully saturated rings. The second-order valence-electron chi connectivity index (χ2n) is 5.46. The molecule has 2 heterocycles. The molecule has 0 atom stereocenters. The zero-order chi connectivity index (χ0) is 18.4. The molecule has 2 aromatic heterocycles.